The number of hydrogen-bond acceptors (Lipinski definition) is 3. The maximum atomic E-state index is 12.1. The van der Waals surface area contributed by atoms with Crippen molar-refractivity contribution in [1.82, 2.24) is 14.0 Å². The molecule has 0 amide bonds. The van der Waals surface area contributed by atoms with Crippen molar-refractivity contribution in [3.63, 3.8) is 0 Å². The molecule has 1 aliphatic heterocycles. The second-order valence-electron chi connectivity index (χ2n) is 5.18. The summed E-state index contributed by atoms with van der Waals surface area (Å²) in [7, 11) is 0. The fraction of sp³-hybridized carbons (Fsp3) is 0.714. The average Bonchev–Trinajstić information content (AvgIpc) is 2.90. The molecule has 1 aromatic rings. The van der Waals surface area contributed by atoms with E-state index in [1.54, 1.807) is 10.8 Å². The highest BCUT2D eigenvalue weighted by Crippen LogP contribution is 2.07. The van der Waals surface area contributed by atoms with E-state index in [1.807, 2.05) is 6.92 Å². The number of rotatable bonds is 6. The largest absolute Gasteiger partial charge is 0.330 e. The number of nitrogens with zero attached hydrogens (tertiary/aromatic N) is 3. The molecule has 19 heavy (non-hydrogen) atoms. The highest BCUT2D eigenvalue weighted by molar-refractivity contribution is 4.86. The summed E-state index contributed by atoms with van der Waals surface area (Å²) in [5.41, 5.74) is -0.352. The van der Waals surface area contributed by atoms with Crippen molar-refractivity contribution in [3.8, 4) is 0 Å². The molecular formula is C14H23N3O2. The minimum atomic E-state index is -0.182. The first-order chi connectivity index (χ1) is 9.22. The van der Waals surface area contributed by atoms with E-state index >= 15 is 0 Å². The normalized spacial score (nSPS) is 16.1. The fourth-order valence-electron chi connectivity index (χ4n) is 2.63. The number of likely N-dealkylation sites (tertiary alicyclic amines) is 1. The number of aryl methyl sites for hydroxylation is 1. The zero-order chi connectivity index (χ0) is 13.7. The van der Waals surface area contributed by atoms with Gasteiger partial charge in [-0.1, -0.05) is 6.92 Å². The smallest absolute Gasteiger partial charge is 0.303 e. The van der Waals surface area contributed by atoms with Crippen molar-refractivity contribution in [2.45, 2.75) is 45.7 Å². The minimum absolute atomic E-state index is 0.171. The number of aromatic nitrogens is 2. The van der Waals surface area contributed by atoms with Gasteiger partial charge in [-0.2, -0.15) is 0 Å². The van der Waals surface area contributed by atoms with Crippen LogP contribution in [0, 0.1) is 0 Å². The van der Waals surface area contributed by atoms with E-state index in [4.69, 9.17) is 0 Å². The topological polar surface area (TPSA) is 47.2 Å². The first-order valence-corrected chi connectivity index (χ1v) is 7.25. The van der Waals surface area contributed by atoms with Crippen LogP contribution < -0.4 is 11.2 Å². The van der Waals surface area contributed by atoms with E-state index in [2.05, 4.69) is 4.90 Å². The molecule has 0 bridgehead atoms. The van der Waals surface area contributed by atoms with Crippen LogP contribution in [-0.2, 0) is 13.1 Å². The van der Waals surface area contributed by atoms with Gasteiger partial charge in [-0.15, -0.1) is 0 Å². The molecule has 106 valence electrons. The molecule has 1 fully saturated rings. The van der Waals surface area contributed by atoms with Gasteiger partial charge < -0.3 is 9.47 Å². The molecule has 0 atom stereocenters. The molecule has 1 aromatic heterocycles. The number of hydrogen-bond donors (Lipinski definition) is 0. The van der Waals surface area contributed by atoms with Crippen molar-refractivity contribution >= 4 is 0 Å². The van der Waals surface area contributed by atoms with E-state index in [0.29, 0.717) is 13.1 Å². The van der Waals surface area contributed by atoms with Gasteiger partial charge in [0.15, 0.2) is 0 Å². The Bertz CT molecular complexity index is 512. The summed E-state index contributed by atoms with van der Waals surface area (Å²) in [6.07, 6.45) is 5.91. The highest BCUT2D eigenvalue weighted by Gasteiger charge is 2.11. The molecule has 2 heterocycles. The lowest BCUT2D eigenvalue weighted by Gasteiger charge is -2.14. The second kappa shape index (κ2) is 6.70. The van der Waals surface area contributed by atoms with E-state index < -0.39 is 0 Å². The standard InChI is InChI=1S/C14H23N3O2/c1-2-7-16-12-6-13(18)17(14(16)19)11-5-10-15-8-3-4-9-15/h6,12H,2-5,7-11H2,1H3. The summed E-state index contributed by atoms with van der Waals surface area (Å²) >= 11 is 0. The Morgan fingerprint density at radius 1 is 1.11 bits per heavy atom. The molecule has 1 aliphatic rings. The summed E-state index contributed by atoms with van der Waals surface area (Å²) in [4.78, 5) is 26.3. The van der Waals surface area contributed by atoms with Gasteiger partial charge in [0.1, 0.15) is 0 Å². The molecule has 2 rings (SSSR count). The molecule has 1 saturated heterocycles. The molecule has 5 heteroatoms. The predicted octanol–water partition coefficient (Wildman–Crippen LogP) is 0.906. The monoisotopic (exact) mass is 265 g/mol. The van der Waals surface area contributed by atoms with E-state index in [1.165, 1.54) is 23.5 Å². The zero-order valence-corrected chi connectivity index (χ0v) is 11.7. The molecule has 0 N–H and O–H groups in total. The van der Waals surface area contributed by atoms with Crippen molar-refractivity contribution in [1.29, 1.82) is 0 Å². The van der Waals surface area contributed by atoms with Gasteiger partial charge in [0, 0.05) is 25.4 Å². The van der Waals surface area contributed by atoms with Gasteiger partial charge in [-0.3, -0.25) is 9.36 Å². The first kappa shape index (κ1) is 14.1. The maximum Gasteiger partial charge on any atom is 0.330 e. The first-order valence-electron chi connectivity index (χ1n) is 7.25. The van der Waals surface area contributed by atoms with Gasteiger partial charge in [0.25, 0.3) is 5.56 Å². The quantitative estimate of drug-likeness (QED) is 0.768. The van der Waals surface area contributed by atoms with Crippen LogP contribution in [0.5, 0.6) is 0 Å². The Hall–Kier alpha value is -1.36. The molecule has 0 aliphatic carbocycles. The van der Waals surface area contributed by atoms with Crippen LogP contribution in [0.4, 0.5) is 0 Å². The third kappa shape index (κ3) is 3.56. The minimum Gasteiger partial charge on any atom is -0.303 e. The lowest BCUT2D eigenvalue weighted by atomic mass is 10.4. The van der Waals surface area contributed by atoms with Crippen LogP contribution in [0.3, 0.4) is 0 Å². The van der Waals surface area contributed by atoms with Crippen LogP contribution in [0.1, 0.15) is 32.6 Å². The van der Waals surface area contributed by atoms with Gasteiger partial charge in [0.2, 0.25) is 0 Å². The van der Waals surface area contributed by atoms with E-state index in [-0.39, 0.29) is 11.2 Å². The van der Waals surface area contributed by atoms with E-state index in [9.17, 15) is 9.59 Å². The van der Waals surface area contributed by atoms with Crippen molar-refractivity contribution in [2.24, 2.45) is 0 Å². The Balaban J connectivity index is 2.00. The summed E-state index contributed by atoms with van der Waals surface area (Å²) in [6.45, 7) is 6.52. The molecule has 5 nitrogen and oxygen atoms in total. The summed E-state index contributed by atoms with van der Waals surface area (Å²) in [5.74, 6) is 0. The lowest BCUT2D eigenvalue weighted by molar-refractivity contribution is 0.322. The Kier molecular flexibility index (Phi) is 4.96. The van der Waals surface area contributed by atoms with Crippen molar-refractivity contribution in [3.05, 3.63) is 33.1 Å². The predicted molar refractivity (Wildman–Crippen MR) is 75.5 cm³/mol. The summed E-state index contributed by atoms with van der Waals surface area (Å²) in [6, 6.07) is 1.49. The third-order valence-corrected chi connectivity index (χ3v) is 3.66. The summed E-state index contributed by atoms with van der Waals surface area (Å²) in [5, 5.41) is 0. The van der Waals surface area contributed by atoms with Gasteiger partial charge >= 0.3 is 5.69 Å². The SMILES string of the molecule is CCCn1ccc(=O)n(CCCN2CCCC2)c1=O. The molecule has 0 saturated carbocycles. The van der Waals surface area contributed by atoms with Crippen molar-refractivity contribution < 1.29 is 0 Å². The van der Waals surface area contributed by atoms with Crippen LogP contribution in [-0.4, -0.2) is 33.7 Å². The fourth-order valence-corrected chi connectivity index (χ4v) is 2.63. The maximum absolute atomic E-state index is 12.1. The Morgan fingerprint density at radius 2 is 1.84 bits per heavy atom. The van der Waals surface area contributed by atoms with E-state index in [0.717, 1.165) is 32.5 Å². The second-order valence-corrected chi connectivity index (χ2v) is 5.18. The van der Waals surface area contributed by atoms with Crippen molar-refractivity contribution in [2.75, 3.05) is 19.6 Å². The molecule has 0 radical (unpaired) electrons. The van der Waals surface area contributed by atoms with Gasteiger partial charge in [-0.05, 0) is 45.3 Å². The zero-order valence-electron chi connectivity index (χ0n) is 11.7. The van der Waals surface area contributed by atoms with Gasteiger partial charge in [0.05, 0.1) is 0 Å². The molecular weight excluding hydrogens is 242 g/mol. The van der Waals surface area contributed by atoms with Crippen LogP contribution in [0.2, 0.25) is 0 Å². The molecule has 0 aromatic carbocycles. The van der Waals surface area contributed by atoms with Crippen LogP contribution in [0.15, 0.2) is 21.9 Å². The van der Waals surface area contributed by atoms with Crippen LogP contribution in [0.25, 0.3) is 0 Å². The van der Waals surface area contributed by atoms with Crippen LogP contribution >= 0.6 is 0 Å². The third-order valence-electron chi connectivity index (χ3n) is 3.66. The van der Waals surface area contributed by atoms with Gasteiger partial charge in [-0.25, -0.2) is 4.79 Å². The Morgan fingerprint density at radius 3 is 2.53 bits per heavy atom. The summed E-state index contributed by atoms with van der Waals surface area (Å²) < 4.78 is 2.99. The average molecular weight is 265 g/mol. The molecule has 0 unspecified atom stereocenters. The Labute approximate surface area is 113 Å². The molecule has 0 spiro atoms. The highest BCUT2D eigenvalue weighted by atomic mass is 16.2. The lowest BCUT2D eigenvalue weighted by Crippen LogP contribution is -2.39.